The Hall–Kier alpha value is -0.610. The van der Waals surface area contributed by atoms with Crippen molar-refractivity contribution in [3.63, 3.8) is 0 Å². The maximum absolute atomic E-state index is 11.3. The van der Waals surface area contributed by atoms with Crippen molar-refractivity contribution in [1.82, 2.24) is 0 Å². The van der Waals surface area contributed by atoms with Gasteiger partial charge in [0.05, 0.1) is 11.5 Å². The van der Waals surface area contributed by atoms with Crippen LogP contribution in [-0.2, 0) is 9.53 Å². The highest BCUT2D eigenvalue weighted by Gasteiger charge is 2.43. The normalized spacial score (nSPS) is 25.5. The van der Waals surface area contributed by atoms with Crippen molar-refractivity contribution in [2.45, 2.75) is 39.2 Å². The first kappa shape index (κ1) is 12.5. The number of ether oxygens (including phenoxy) is 1. The van der Waals surface area contributed by atoms with Gasteiger partial charge in [-0.15, -0.1) is 0 Å². The maximum Gasteiger partial charge on any atom is 0.311 e. The summed E-state index contributed by atoms with van der Waals surface area (Å²) in [7, 11) is 0. The van der Waals surface area contributed by atoms with Gasteiger partial charge in [-0.2, -0.15) is 0 Å². The van der Waals surface area contributed by atoms with Gasteiger partial charge >= 0.3 is 5.97 Å². The molecule has 0 aromatic carbocycles. The van der Waals surface area contributed by atoms with E-state index in [9.17, 15) is 9.90 Å². The third-order valence-corrected chi connectivity index (χ3v) is 3.51. The quantitative estimate of drug-likeness (QED) is 0.723. The van der Waals surface area contributed by atoms with Gasteiger partial charge in [0.1, 0.15) is 0 Å². The van der Waals surface area contributed by atoms with Gasteiger partial charge in [0.15, 0.2) is 0 Å². The smallest absolute Gasteiger partial charge is 0.311 e. The molecule has 1 aliphatic heterocycles. The van der Waals surface area contributed by atoms with Crippen molar-refractivity contribution in [3.8, 4) is 0 Å². The van der Waals surface area contributed by atoms with Gasteiger partial charge in [0, 0.05) is 13.2 Å². The number of nitrogens with two attached hydrogens (primary N) is 1. The van der Waals surface area contributed by atoms with E-state index in [1.54, 1.807) is 0 Å². The maximum atomic E-state index is 11.3. The lowest BCUT2D eigenvalue weighted by Crippen LogP contribution is -2.45. The summed E-state index contributed by atoms with van der Waals surface area (Å²) in [6, 6.07) is 0. The van der Waals surface area contributed by atoms with Gasteiger partial charge in [-0.05, 0) is 25.2 Å². The summed E-state index contributed by atoms with van der Waals surface area (Å²) in [6.45, 7) is 4.76. The van der Waals surface area contributed by atoms with Crippen LogP contribution in [0.25, 0.3) is 0 Å². The van der Waals surface area contributed by atoms with Crippen LogP contribution in [0.4, 0.5) is 0 Å². The Balaban J connectivity index is 2.74. The summed E-state index contributed by atoms with van der Waals surface area (Å²) in [4.78, 5) is 11.3. The predicted molar refractivity (Wildman–Crippen MR) is 57.6 cm³/mol. The van der Waals surface area contributed by atoms with Crippen molar-refractivity contribution in [2.75, 3.05) is 13.2 Å². The average Bonchev–Trinajstić information content (AvgIpc) is 2.65. The first-order chi connectivity index (χ1) is 7.03. The van der Waals surface area contributed by atoms with Crippen molar-refractivity contribution < 1.29 is 14.6 Å². The summed E-state index contributed by atoms with van der Waals surface area (Å²) in [5.41, 5.74) is 4.83. The molecule has 0 aromatic heterocycles. The average molecular weight is 215 g/mol. The van der Waals surface area contributed by atoms with E-state index in [-0.39, 0.29) is 18.6 Å². The molecule has 2 unspecified atom stereocenters. The molecule has 1 fully saturated rings. The Kier molecular flexibility index (Phi) is 4.11. The summed E-state index contributed by atoms with van der Waals surface area (Å²) in [6.07, 6.45) is 2.61. The van der Waals surface area contributed by atoms with Gasteiger partial charge in [-0.25, -0.2) is 0 Å². The van der Waals surface area contributed by atoms with E-state index in [1.165, 1.54) is 0 Å². The van der Waals surface area contributed by atoms with Crippen LogP contribution in [0, 0.1) is 11.3 Å². The highest BCUT2D eigenvalue weighted by atomic mass is 16.5. The number of aliphatic carboxylic acids is 1. The van der Waals surface area contributed by atoms with Crippen LogP contribution in [0.2, 0.25) is 0 Å². The number of carboxylic acids is 1. The third kappa shape index (κ3) is 2.49. The topological polar surface area (TPSA) is 72.5 Å². The first-order valence-corrected chi connectivity index (χ1v) is 5.58. The molecular formula is C11H21NO3. The van der Waals surface area contributed by atoms with E-state index in [4.69, 9.17) is 10.5 Å². The Morgan fingerprint density at radius 3 is 2.67 bits per heavy atom. The van der Waals surface area contributed by atoms with Gasteiger partial charge in [-0.3, -0.25) is 4.79 Å². The Morgan fingerprint density at radius 2 is 2.33 bits per heavy atom. The van der Waals surface area contributed by atoms with Crippen molar-refractivity contribution in [2.24, 2.45) is 17.1 Å². The number of hydrogen-bond donors (Lipinski definition) is 2. The van der Waals surface area contributed by atoms with Crippen LogP contribution in [0.3, 0.4) is 0 Å². The van der Waals surface area contributed by atoms with E-state index < -0.39 is 11.4 Å². The second kappa shape index (κ2) is 4.94. The summed E-state index contributed by atoms with van der Waals surface area (Å²) in [5, 5.41) is 9.32. The van der Waals surface area contributed by atoms with Crippen LogP contribution < -0.4 is 5.73 Å². The minimum Gasteiger partial charge on any atom is -0.481 e. The Labute approximate surface area is 90.8 Å². The second-order valence-electron chi connectivity index (χ2n) is 4.66. The monoisotopic (exact) mass is 215 g/mol. The SMILES string of the molecule is CC(C)C(CN)(CC1CCCO1)C(=O)O. The Bertz CT molecular complexity index is 224. The molecule has 0 amide bonds. The molecule has 4 heteroatoms. The zero-order valence-corrected chi connectivity index (χ0v) is 9.53. The lowest BCUT2D eigenvalue weighted by Gasteiger charge is -2.33. The van der Waals surface area contributed by atoms with Gasteiger partial charge in [0.25, 0.3) is 0 Å². The molecule has 2 atom stereocenters. The summed E-state index contributed by atoms with van der Waals surface area (Å²) < 4.78 is 5.49. The summed E-state index contributed by atoms with van der Waals surface area (Å²) >= 11 is 0. The molecule has 0 bridgehead atoms. The van der Waals surface area contributed by atoms with Crippen molar-refractivity contribution in [3.05, 3.63) is 0 Å². The fourth-order valence-electron chi connectivity index (χ4n) is 2.19. The Morgan fingerprint density at radius 1 is 1.67 bits per heavy atom. The van der Waals surface area contributed by atoms with Crippen molar-refractivity contribution >= 4 is 5.97 Å². The second-order valence-corrected chi connectivity index (χ2v) is 4.66. The largest absolute Gasteiger partial charge is 0.481 e. The first-order valence-electron chi connectivity index (χ1n) is 5.58. The molecule has 1 rings (SSSR count). The molecule has 0 spiro atoms. The van der Waals surface area contributed by atoms with E-state index in [0.717, 1.165) is 19.4 Å². The van der Waals surface area contributed by atoms with Crippen LogP contribution >= 0.6 is 0 Å². The molecule has 0 aliphatic carbocycles. The van der Waals surface area contributed by atoms with E-state index in [0.29, 0.717) is 6.42 Å². The summed E-state index contributed by atoms with van der Waals surface area (Å²) in [5.74, 6) is -0.764. The highest BCUT2D eigenvalue weighted by Crippen LogP contribution is 2.35. The highest BCUT2D eigenvalue weighted by molar-refractivity contribution is 5.75. The predicted octanol–water partition coefficient (Wildman–Crippen LogP) is 1.24. The molecule has 0 radical (unpaired) electrons. The van der Waals surface area contributed by atoms with Crippen molar-refractivity contribution in [1.29, 1.82) is 0 Å². The molecule has 1 heterocycles. The molecule has 88 valence electrons. The van der Waals surface area contributed by atoms with Crippen LogP contribution in [0.5, 0.6) is 0 Å². The van der Waals surface area contributed by atoms with Gasteiger partial charge < -0.3 is 15.6 Å². The van der Waals surface area contributed by atoms with Crippen LogP contribution in [0.15, 0.2) is 0 Å². The van der Waals surface area contributed by atoms with E-state index in [1.807, 2.05) is 13.8 Å². The minimum atomic E-state index is -0.824. The van der Waals surface area contributed by atoms with E-state index in [2.05, 4.69) is 0 Å². The fraction of sp³-hybridized carbons (Fsp3) is 0.909. The minimum absolute atomic E-state index is 0.0317. The molecule has 15 heavy (non-hydrogen) atoms. The van der Waals surface area contributed by atoms with Gasteiger partial charge in [0.2, 0.25) is 0 Å². The molecular weight excluding hydrogens is 194 g/mol. The number of carboxylic acid groups (broad SMARTS) is 1. The standard InChI is InChI=1S/C11H21NO3/c1-8(2)11(7-12,10(13)14)6-9-4-3-5-15-9/h8-9H,3-7,12H2,1-2H3,(H,13,14). The molecule has 0 aromatic rings. The lowest BCUT2D eigenvalue weighted by molar-refractivity contribution is -0.153. The molecule has 1 aliphatic rings. The molecule has 3 N–H and O–H groups in total. The molecule has 4 nitrogen and oxygen atoms in total. The zero-order valence-electron chi connectivity index (χ0n) is 9.53. The molecule has 0 saturated carbocycles. The van der Waals surface area contributed by atoms with Gasteiger partial charge in [-0.1, -0.05) is 13.8 Å². The third-order valence-electron chi connectivity index (χ3n) is 3.51. The molecule has 1 saturated heterocycles. The fourth-order valence-corrected chi connectivity index (χ4v) is 2.19. The zero-order chi connectivity index (χ0) is 11.5. The number of carbonyl (C=O) groups is 1. The van der Waals surface area contributed by atoms with Crippen LogP contribution in [0.1, 0.15) is 33.1 Å². The number of hydrogen-bond acceptors (Lipinski definition) is 3. The van der Waals surface area contributed by atoms with E-state index >= 15 is 0 Å². The van der Waals surface area contributed by atoms with Crippen LogP contribution in [-0.4, -0.2) is 30.3 Å². The number of rotatable bonds is 5. The lowest BCUT2D eigenvalue weighted by atomic mass is 9.73.